The second kappa shape index (κ2) is 4.88. The molecule has 98 valence electrons. The highest BCUT2D eigenvalue weighted by atomic mass is 35.5. The van der Waals surface area contributed by atoms with Gasteiger partial charge in [0.25, 0.3) is 0 Å². The first kappa shape index (κ1) is 12.5. The van der Waals surface area contributed by atoms with Gasteiger partial charge in [0.15, 0.2) is 0 Å². The second-order valence-corrected chi connectivity index (χ2v) is 5.18. The smallest absolute Gasteiger partial charge is 0.234 e. The van der Waals surface area contributed by atoms with Gasteiger partial charge in [-0.1, -0.05) is 23.7 Å². The number of hydrogen-bond acceptors (Lipinski definition) is 3. The summed E-state index contributed by atoms with van der Waals surface area (Å²) in [7, 11) is 0. The minimum absolute atomic E-state index is 0.304. The van der Waals surface area contributed by atoms with Gasteiger partial charge in [-0.15, -0.1) is 4.40 Å². The largest absolute Gasteiger partial charge is 0.309 e. The van der Waals surface area contributed by atoms with E-state index in [-0.39, 0.29) is 5.82 Å². The second-order valence-electron chi connectivity index (χ2n) is 4.02. The number of hydrogen-bond donors (Lipinski definition) is 1. The first-order chi connectivity index (χ1) is 9.13. The van der Waals surface area contributed by atoms with Crippen LogP contribution in [0.25, 0.3) is 10.8 Å². The molecule has 1 N–H and O–H groups in total. The Morgan fingerprint density at radius 2 is 2.21 bits per heavy atom. The van der Waals surface area contributed by atoms with E-state index in [0.29, 0.717) is 17.3 Å². The van der Waals surface area contributed by atoms with Crippen LogP contribution in [0.15, 0.2) is 34.7 Å². The highest BCUT2D eigenvalue weighted by Crippen LogP contribution is 2.28. The Hall–Kier alpha value is -1.50. The summed E-state index contributed by atoms with van der Waals surface area (Å²) in [5.74, 6) is 0.142. The Morgan fingerprint density at radius 1 is 1.37 bits per heavy atom. The maximum atomic E-state index is 13.1. The molecule has 0 aliphatic carbocycles. The number of fused-ring (bicyclic) bond motifs is 1. The lowest BCUT2D eigenvalue weighted by Crippen LogP contribution is -2.19. The van der Waals surface area contributed by atoms with Gasteiger partial charge < -0.3 is 0 Å². The first-order valence-corrected chi connectivity index (χ1v) is 6.84. The topological polar surface area (TPSA) is 50.7 Å². The normalized spacial score (nSPS) is 18.4. The molecule has 0 aromatic heterocycles. The molecule has 0 amide bonds. The van der Waals surface area contributed by atoms with Crippen molar-refractivity contribution < 1.29 is 12.9 Å². The highest BCUT2D eigenvalue weighted by Gasteiger charge is 2.15. The third kappa shape index (κ3) is 2.47. The average molecular weight is 299 g/mol. The minimum Gasteiger partial charge on any atom is -0.234 e. The van der Waals surface area contributed by atoms with Crippen LogP contribution in [0.1, 0.15) is 5.56 Å². The number of nitrogens with zero attached hydrogens (tertiary/aromatic N) is 1. The molecule has 0 fully saturated rings. The molecule has 3 rings (SSSR count). The van der Waals surface area contributed by atoms with Crippen LogP contribution in [-0.4, -0.2) is 10.0 Å². The van der Waals surface area contributed by atoms with Crippen molar-refractivity contribution in [1.82, 2.24) is 5.48 Å². The molecule has 0 saturated heterocycles. The Balaban J connectivity index is 2.01. The molecule has 7 heteroatoms. The molecule has 0 radical (unpaired) electrons. The Labute approximate surface area is 116 Å². The SMILES string of the molecule is O=S1N=C(Cc2ccc3cc(F)ccc3c2Cl)NO1. The summed E-state index contributed by atoms with van der Waals surface area (Å²) in [6.07, 6.45) is 0.373. The van der Waals surface area contributed by atoms with Crippen molar-refractivity contribution in [2.45, 2.75) is 6.42 Å². The van der Waals surface area contributed by atoms with Gasteiger partial charge in [-0.05, 0) is 29.1 Å². The van der Waals surface area contributed by atoms with Gasteiger partial charge in [0.2, 0.25) is 0 Å². The summed E-state index contributed by atoms with van der Waals surface area (Å²) in [4.78, 5) is 0. The molecular formula is C12H8ClFN2O2S. The van der Waals surface area contributed by atoms with Gasteiger partial charge in [0.1, 0.15) is 11.7 Å². The lowest BCUT2D eigenvalue weighted by molar-refractivity contribution is 0.303. The van der Waals surface area contributed by atoms with Crippen molar-refractivity contribution in [3.8, 4) is 0 Å². The molecular weight excluding hydrogens is 291 g/mol. The van der Waals surface area contributed by atoms with E-state index >= 15 is 0 Å². The number of amidine groups is 1. The van der Waals surface area contributed by atoms with E-state index < -0.39 is 11.3 Å². The highest BCUT2D eigenvalue weighted by molar-refractivity contribution is 7.79. The quantitative estimate of drug-likeness (QED) is 0.927. The zero-order valence-electron chi connectivity index (χ0n) is 9.52. The van der Waals surface area contributed by atoms with E-state index in [0.717, 1.165) is 16.3 Å². The molecule has 1 aliphatic heterocycles. The predicted molar refractivity (Wildman–Crippen MR) is 72.4 cm³/mol. The monoisotopic (exact) mass is 298 g/mol. The molecule has 1 heterocycles. The summed E-state index contributed by atoms with van der Waals surface area (Å²) in [5.41, 5.74) is 3.27. The van der Waals surface area contributed by atoms with E-state index in [2.05, 4.69) is 14.2 Å². The van der Waals surface area contributed by atoms with Crippen LogP contribution in [0.4, 0.5) is 4.39 Å². The summed E-state index contributed by atoms with van der Waals surface area (Å²) in [6, 6.07) is 7.99. The van der Waals surface area contributed by atoms with Crippen molar-refractivity contribution >= 4 is 39.5 Å². The standard InChI is InChI=1S/C12H8ClFN2O2S/c13-12-8(6-11-15-18-19(17)16-11)2-1-7-5-9(14)3-4-10(7)12/h1-5H,6H2,(H,15,16). The molecule has 1 atom stereocenters. The van der Waals surface area contributed by atoms with Crippen molar-refractivity contribution in [2.75, 3.05) is 0 Å². The number of rotatable bonds is 2. The molecule has 0 spiro atoms. The van der Waals surface area contributed by atoms with Gasteiger partial charge in [-0.2, -0.15) is 4.28 Å². The predicted octanol–water partition coefficient (Wildman–Crippen LogP) is 2.69. The number of nitrogens with one attached hydrogen (secondary N) is 1. The molecule has 1 aliphatic rings. The van der Waals surface area contributed by atoms with Gasteiger partial charge in [0, 0.05) is 11.8 Å². The van der Waals surface area contributed by atoms with Crippen molar-refractivity contribution in [3.05, 3.63) is 46.7 Å². The maximum absolute atomic E-state index is 13.1. The van der Waals surface area contributed by atoms with Crippen molar-refractivity contribution in [1.29, 1.82) is 0 Å². The fraction of sp³-hybridized carbons (Fsp3) is 0.0833. The third-order valence-corrected chi connectivity index (χ3v) is 3.81. The van der Waals surface area contributed by atoms with Gasteiger partial charge in [0.05, 0.1) is 5.02 Å². The Kier molecular flexibility index (Phi) is 3.22. The fourth-order valence-electron chi connectivity index (χ4n) is 1.90. The molecule has 19 heavy (non-hydrogen) atoms. The summed E-state index contributed by atoms with van der Waals surface area (Å²) in [5, 5.41) is 2.02. The molecule has 2 aromatic rings. The Morgan fingerprint density at radius 3 is 2.95 bits per heavy atom. The first-order valence-electron chi connectivity index (χ1n) is 5.43. The van der Waals surface area contributed by atoms with E-state index in [1.807, 2.05) is 0 Å². The zero-order valence-corrected chi connectivity index (χ0v) is 11.1. The molecule has 0 bridgehead atoms. The maximum Gasteiger partial charge on any atom is 0.309 e. The van der Waals surface area contributed by atoms with Crippen LogP contribution in [0.5, 0.6) is 0 Å². The lowest BCUT2D eigenvalue weighted by atomic mass is 10.0. The molecule has 0 saturated carbocycles. The van der Waals surface area contributed by atoms with Crippen LogP contribution >= 0.6 is 11.6 Å². The van der Waals surface area contributed by atoms with Crippen LogP contribution in [-0.2, 0) is 22.0 Å². The van der Waals surface area contributed by atoms with Gasteiger partial charge in [-0.3, -0.25) is 0 Å². The minimum atomic E-state index is -1.68. The fourth-order valence-corrected chi connectivity index (χ4v) is 2.69. The number of halogens is 2. The van der Waals surface area contributed by atoms with E-state index in [4.69, 9.17) is 11.6 Å². The Bertz CT molecular complexity index is 720. The van der Waals surface area contributed by atoms with E-state index in [1.165, 1.54) is 12.1 Å². The van der Waals surface area contributed by atoms with Crippen LogP contribution < -0.4 is 5.48 Å². The zero-order chi connectivity index (χ0) is 13.4. The summed E-state index contributed by atoms with van der Waals surface area (Å²) in [6.45, 7) is 0. The van der Waals surface area contributed by atoms with Crippen molar-refractivity contribution in [3.63, 3.8) is 0 Å². The molecule has 2 aromatic carbocycles. The van der Waals surface area contributed by atoms with Crippen LogP contribution in [0.3, 0.4) is 0 Å². The number of hydroxylamine groups is 1. The van der Waals surface area contributed by atoms with Crippen molar-refractivity contribution in [2.24, 2.45) is 4.40 Å². The van der Waals surface area contributed by atoms with Gasteiger partial charge >= 0.3 is 11.3 Å². The summed E-state index contributed by atoms with van der Waals surface area (Å²) < 4.78 is 32.4. The molecule has 4 nitrogen and oxygen atoms in total. The van der Waals surface area contributed by atoms with E-state index in [1.54, 1.807) is 18.2 Å². The summed E-state index contributed by atoms with van der Waals surface area (Å²) >= 11 is 4.61. The van der Waals surface area contributed by atoms with Gasteiger partial charge in [-0.25, -0.2) is 14.1 Å². The van der Waals surface area contributed by atoms with Crippen LogP contribution in [0, 0.1) is 5.82 Å². The third-order valence-electron chi connectivity index (χ3n) is 2.77. The van der Waals surface area contributed by atoms with E-state index in [9.17, 15) is 8.60 Å². The average Bonchev–Trinajstić information content (AvgIpc) is 2.78. The van der Waals surface area contributed by atoms with Crippen LogP contribution in [0.2, 0.25) is 5.02 Å². The molecule has 1 unspecified atom stereocenters. The number of benzene rings is 2. The lowest BCUT2D eigenvalue weighted by Gasteiger charge is -2.07.